The number of ether oxygens (including phenoxy) is 1. The highest BCUT2D eigenvalue weighted by atomic mass is 79.9. The standard InChI is InChI=1S/C24H17BrCl2FNO2S2/c25-19-9-15(3-8-21(19)31-13-16-4-5-17(26)11-20(16)27)10-22-23(30)29(24(32)33-22)12-14-1-6-18(28)7-2-14/h1-9,11,22H,10,12-13H2/t22-/m0/s1. The quantitative estimate of drug-likeness (QED) is 0.270. The number of hydrogen-bond donors (Lipinski definition) is 0. The Morgan fingerprint density at radius 3 is 2.48 bits per heavy atom. The van der Waals surface area contributed by atoms with Gasteiger partial charge in [0.15, 0.2) is 0 Å². The van der Waals surface area contributed by atoms with Gasteiger partial charge >= 0.3 is 0 Å². The van der Waals surface area contributed by atoms with E-state index in [0.717, 1.165) is 21.2 Å². The number of rotatable bonds is 7. The van der Waals surface area contributed by atoms with Crippen molar-refractivity contribution in [3.8, 4) is 5.75 Å². The largest absolute Gasteiger partial charge is 0.488 e. The molecule has 0 spiro atoms. The summed E-state index contributed by atoms with van der Waals surface area (Å²) in [4.78, 5) is 14.5. The second-order valence-electron chi connectivity index (χ2n) is 7.42. The molecular formula is C24H17BrCl2FNO2S2. The van der Waals surface area contributed by atoms with E-state index in [-0.39, 0.29) is 17.0 Å². The Morgan fingerprint density at radius 2 is 1.79 bits per heavy atom. The van der Waals surface area contributed by atoms with Crippen LogP contribution >= 0.6 is 63.1 Å². The third-order valence-electron chi connectivity index (χ3n) is 5.07. The lowest BCUT2D eigenvalue weighted by atomic mass is 10.1. The molecular weight excluding hydrogens is 568 g/mol. The van der Waals surface area contributed by atoms with Gasteiger partial charge in [0.25, 0.3) is 0 Å². The van der Waals surface area contributed by atoms with Crippen LogP contribution in [-0.4, -0.2) is 20.4 Å². The van der Waals surface area contributed by atoms with Crippen molar-refractivity contribution in [3.63, 3.8) is 0 Å². The van der Waals surface area contributed by atoms with Crippen molar-refractivity contribution in [3.05, 3.63) is 97.7 Å². The molecule has 0 N–H and O–H groups in total. The molecule has 0 saturated carbocycles. The Balaban J connectivity index is 1.38. The van der Waals surface area contributed by atoms with Gasteiger partial charge in [-0.1, -0.05) is 71.4 Å². The van der Waals surface area contributed by atoms with E-state index in [0.29, 0.717) is 39.7 Å². The number of thioether (sulfide) groups is 1. The molecule has 4 rings (SSSR count). The number of benzene rings is 3. The zero-order chi connectivity index (χ0) is 23.5. The molecule has 0 unspecified atom stereocenters. The highest BCUT2D eigenvalue weighted by Crippen LogP contribution is 2.34. The van der Waals surface area contributed by atoms with Gasteiger partial charge < -0.3 is 4.74 Å². The van der Waals surface area contributed by atoms with Crippen LogP contribution in [0.4, 0.5) is 4.39 Å². The van der Waals surface area contributed by atoms with Crippen molar-refractivity contribution in [2.45, 2.75) is 24.8 Å². The van der Waals surface area contributed by atoms with Crippen molar-refractivity contribution < 1.29 is 13.9 Å². The fourth-order valence-electron chi connectivity index (χ4n) is 3.34. The van der Waals surface area contributed by atoms with Gasteiger partial charge in [0.05, 0.1) is 16.3 Å². The molecule has 3 aromatic rings. The van der Waals surface area contributed by atoms with Gasteiger partial charge in [-0.3, -0.25) is 9.69 Å². The SMILES string of the molecule is O=C1[C@H](Cc2ccc(OCc3ccc(Cl)cc3Cl)c(Br)c2)SC(=S)N1Cc1ccc(F)cc1. The maximum absolute atomic E-state index is 13.2. The summed E-state index contributed by atoms with van der Waals surface area (Å²) in [5.41, 5.74) is 2.65. The van der Waals surface area contributed by atoms with Crippen molar-refractivity contribution in [2.24, 2.45) is 0 Å². The summed E-state index contributed by atoms with van der Waals surface area (Å²) in [6, 6.07) is 17.1. The Bertz CT molecular complexity index is 1210. The zero-order valence-corrected chi connectivity index (χ0v) is 21.8. The Kier molecular flexibility index (Phi) is 7.97. The average molecular weight is 585 g/mol. The maximum atomic E-state index is 13.2. The van der Waals surface area contributed by atoms with Gasteiger partial charge in [0.1, 0.15) is 22.5 Å². The molecule has 3 aromatic carbocycles. The molecule has 170 valence electrons. The van der Waals surface area contributed by atoms with Crippen LogP contribution in [0.15, 0.2) is 65.1 Å². The van der Waals surface area contributed by atoms with E-state index in [9.17, 15) is 9.18 Å². The molecule has 1 heterocycles. The fourth-order valence-corrected chi connectivity index (χ4v) is 5.88. The van der Waals surface area contributed by atoms with Crippen LogP contribution in [-0.2, 0) is 24.4 Å². The number of hydrogen-bond acceptors (Lipinski definition) is 4. The van der Waals surface area contributed by atoms with Gasteiger partial charge in [-0.25, -0.2) is 4.39 Å². The first kappa shape index (κ1) is 24.5. The Morgan fingerprint density at radius 1 is 1.06 bits per heavy atom. The summed E-state index contributed by atoms with van der Waals surface area (Å²) in [5.74, 6) is 0.322. The van der Waals surface area contributed by atoms with Crippen LogP contribution in [0.25, 0.3) is 0 Å². The molecule has 0 aromatic heterocycles. The van der Waals surface area contributed by atoms with E-state index in [1.165, 1.54) is 23.9 Å². The van der Waals surface area contributed by atoms with Crippen LogP contribution in [0.5, 0.6) is 5.75 Å². The number of thiocarbonyl (C=S) groups is 1. The smallest absolute Gasteiger partial charge is 0.242 e. The van der Waals surface area contributed by atoms with E-state index >= 15 is 0 Å². The van der Waals surface area contributed by atoms with Crippen LogP contribution in [0.2, 0.25) is 10.0 Å². The summed E-state index contributed by atoms with van der Waals surface area (Å²) in [6.07, 6.45) is 0.533. The third-order valence-corrected chi connectivity index (χ3v) is 7.87. The third kappa shape index (κ3) is 6.08. The number of nitrogens with zero attached hydrogens (tertiary/aromatic N) is 1. The first-order valence-electron chi connectivity index (χ1n) is 9.92. The minimum atomic E-state index is -0.310. The van der Waals surface area contributed by atoms with E-state index in [1.54, 1.807) is 29.2 Å². The second kappa shape index (κ2) is 10.7. The summed E-state index contributed by atoms with van der Waals surface area (Å²) < 4.78 is 20.4. The molecule has 1 aliphatic rings. The number of halogens is 4. The summed E-state index contributed by atoms with van der Waals surface area (Å²) in [7, 11) is 0. The van der Waals surface area contributed by atoms with Gasteiger partial charge in [-0.2, -0.15) is 0 Å². The van der Waals surface area contributed by atoms with E-state index in [4.69, 9.17) is 40.2 Å². The summed E-state index contributed by atoms with van der Waals surface area (Å²) in [5, 5.41) is 0.821. The predicted molar refractivity (Wildman–Crippen MR) is 140 cm³/mol. The molecule has 1 atom stereocenters. The molecule has 1 amide bonds. The van der Waals surface area contributed by atoms with Crippen LogP contribution in [0.1, 0.15) is 16.7 Å². The fraction of sp³-hybridized carbons (Fsp3) is 0.167. The molecule has 1 fully saturated rings. The van der Waals surface area contributed by atoms with E-state index in [2.05, 4.69) is 15.9 Å². The first-order chi connectivity index (χ1) is 15.8. The zero-order valence-electron chi connectivity index (χ0n) is 17.1. The van der Waals surface area contributed by atoms with Crippen molar-refractivity contribution >= 4 is 73.3 Å². The first-order valence-corrected chi connectivity index (χ1v) is 12.8. The second-order valence-corrected chi connectivity index (χ2v) is 11.0. The lowest BCUT2D eigenvalue weighted by Gasteiger charge is -2.16. The monoisotopic (exact) mass is 583 g/mol. The molecule has 1 saturated heterocycles. The maximum Gasteiger partial charge on any atom is 0.242 e. The number of carbonyl (C=O) groups is 1. The molecule has 33 heavy (non-hydrogen) atoms. The number of carbonyl (C=O) groups excluding carboxylic acids is 1. The predicted octanol–water partition coefficient (Wildman–Crippen LogP) is 7.45. The highest BCUT2D eigenvalue weighted by Gasteiger charge is 2.36. The van der Waals surface area contributed by atoms with E-state index < -0.39 is 0 Å². The average Bonchev–Trinajstić information content (AvgIpc) is 3.03. The molecule has 3 nitrogen and oxygen atoms in total. The molecule has 9 heteroatoms. The van der Waals surface area contributed by atoms with Gasteiger partial charge in [0.2, 0.25) is 5.91 Å². The van der Waals surface area contributed by atoms with Crippen molar-refractivity contribution in [1.29, 1.82) is 0 Å². The van der Waals surface area contributed by atoms with Crippen molar-refractivity contribution in [1.82, 2.24) is 4.90 Å². The highest BCUT2D eigenvalue weighted by molar-refractivity contribution is 9.10. The van der Waals surface area contributed by atoms with Crippen LogP contribution < -0.4 is 4.74 Å². The lowest BCUT2D eigenvalue weighted by molar-refractivity contribution is -0.126. The lowest BCUT2D eigenvalue weighted by Crippen LogP contribution is -2.31. The Labute approximate surface area is 219 Å². The molecule has 0 aliphatic carbocycles. The molecule has 0 bridgehead atoms. The van der Waals surface area contributed by atoms with Gasteiger partial charge in [0, 0.05) is 15.6 Å². The minimum absolute atomic E-state index is 0.0387. The summed E-state index contributed by atoms with van der Waals surface area (Å²) >= 11 is 22.5. The molecule has 1 aliphatic heterocycles. The normalized spacial score (nSPS) is 15.9. The summed E-state index contributed by atoms with van der Waals surface area (Å²) in [6.45, 7) is 0.642. The Hall–Kier alpha value is -1.64. The van der Waals surface area contributed by atoms with Crippen LogP contribution in [0.3, 0.4) is 0 Å². The molecule has 0 radical (unpaired) electrons. The minimum Gasteiger partial charge on any atom is -0.488 e. The van der Waals surface area contributed by atoms with Crippen molar-refractivity contribution in [2.75, 3.05) is 0 Å². The topological polar surface area (TPSA) is 29.5 Å². The van der Waals surface area contributed by atoms with Gasteiger partial charge in [-0.05, 0) is 69.9 Å². The van der Waals surface area contributed by atoms with E-state index in [1.807, 2.05) is 24.3 Å². The number of amides is 1. The van der Waals surface area contributed by atoms with Crippen LogP contribution in [0, 0.1) is 5.82 Å². The van der Waals surface area contributed by atoms with Gasteiger partial charge in [-0.15, -0.1) is 0 Å².